The number of halogens is 4. The van der Waals surface area contributed by atoms with Gasteiger partial charge in [0.2, 0.25) is 0 Å². The van der Waals surface area contributed by atoms with Crippen LogP contribution in [0.2, 0.25) is 5.02 Å². The molecule has 0 unspecified atom stereocenters. The van der Waals surface area contributed by atoms with E-state index in [-0.39, 0.29) is 11.3 Å². The van der Waals surface area contributed by atoms with Crippen LogP contribution >= 0.6 is 19.2 Å². The first-order valence-electron chi connectivity index (χ1n) is 6.59. The molecular weight excluding hydrogens is 406 g/mol. The first-order chi connectivity index (χ1) is 11.8. The number of nitrogens with zero attached hydrogens (tertiary/aromatic N) is 3. The van der Waals surface area contributed by atoms with Gasteiger partial charge in [-0.2, -0.15) is 13.2 Å². The smallest absolute Gasteiger partial charge is 0.434 e. The molecule has 0 amide bonds. The Morgan fingerprint density at radius 3 is 2.50 bits per heavy atom. The van der Waals surface area contributed by atoms with Crippen molar-refractivity contribution in [3.8, 4) is 11.6 Å². The van der Waals surface area contributed by atoms with E-state index in [4.69, 9.17) is 26.1 Å². The number of nitro groups is 1. The van der Waals surface area contributed by atoms with E-state index in [2.05, 4.69) is 5.10 Å². The van der Waals surface area contributed by atoms with Crippen LogP contribution in [-0.2, 0) is 24.0 Å². The van der Waals surface area contributed by atoms with Crippen LogP contribution in [0.25, 0.3) is 0 Å². The van der Waals surface area contributed by atoms with Crippen LogP contribution in [-0.4, -0.2) is 24.5 Å². The molecule has 1 heterocycles. The lowest BCUT2D eigenvalue weighted by Crippen LogP contribution is -2.12. The van der Waals surface area contributed by atoms with E-state index in [0.717, 1.165) is 25.2 Å². The number of aryl methyl sites for hydroxylation is 1. The zero-order chi connectivity index (χ0) is 19.9. The van der Waals surface area contributed by atoms with Gasteiger partial charge in [-0.3, -0.25) is 19.4 Å². The van der Waals surface area contributed by atoms with Crippen LogP contribution < -0.4 is 4.74 Å². The highest BCUT2D eigenvalue weighted by molar-refractivity contribution is 7.50. The number of alkyl halides is 3. The Balaban J connectivity index is 2.44. The minimum atomic E-state index is -4.79. The van der Waals surface area contributed by atoms with E-state index < -0.39 is 47.1 Å². The number of rotatable bonds is 5. The van der Waals surface area contributed by atoms with Crippen LogP contribution in [0.5, 0.6) is 11.6 Å². The van der Waals surface area contributed by atoms with Crippen molar-refractivity contribution in [1.82, 2.24) is 9.78 Å². The molecule has 14 heteroatoms. The molecular formula is C12H10ClF3N3O6P. The van der Waals surface area contributed by atoms with Gasteiger partial charge in [-0.05, 0) is 12.1 Å². The van der Waals surface area contributed by atoms with Crippen molar-refractivity contribution < 1.29 is 37.2 Å². The Hall–Kier alpha value is -2.14. The number of benzene rings is 1. The molecule has 142 valence electrons. The summed E-state index contributed by atoms with van der Waals surface area (Å²) in [7, 11) is -3.65. The lowest BCUT2D eigenvalue weighted by Gasteiger charge is -2.08. The molecule has 0 bridgehead atoms. The second-order valence-electron chi connectivity index (χ2n) is 5.06. The van der Waals surface area contributed by atoms with Crippen molar-refractivity contribution in [2.75, 3.05) is 0 Å². The highest BCUT2D eigenvalue weighted by Crippen LogP contribution is 2.44. The minimum Gasteiger partial charge on any atom is -0.436 e. The van der Waals surface area contributed by atoms with Gasteiger partial charge in [0.25, 0.3) is 11.6 Å². The number of nitro benzene ring substituents is 1. The summed E-state index contributed by atoms with van der Waals surface area (Å²) in [5.74, 6) is -0.842. The lowest BCUT2D eigenvalue weighted by atomic mass is 10.2. The normalized spacial score (nSPS) is 12.3. The van der Waals surface area contributed by atoms with Gasteiger partial charge in [0.15, 0.2) is 5.69 Å². The Kier molecular flexibility index (Phi) is 5.34. The van der Waals surface area contributed by atoms with Gasteiger partial charge in [-0.25, -0.2) is 0 Å². The quantitative estimate of drug-likeness (QED) is 0.434. The molecule has 1 aromatic carbocycles. The Bertz CT molecular complexity index is 910. The van der Waals surface area contributed by atoms with Crippen molar-refractivity contribution in [2.24, 2.45) is 7.05 Å². The Morgan fingerprint density at radius 1 is 1.42 bits per heavy atom. The third-order valence-corrected chi connectivity index (χ3v) is 4.16. The van der Waals surface area contributed by atoms with E-state index in [1.165, 1.54) is 0 Å². The summed E-state index contributed by atoms with van der Waals surface area (Å²) < 4.78 is 55.4. The molecule has 0 saturated carbocycles. The maximum absolute atomic E-state index is 12.9. The van der Waals surface area contributed by atoms with Crippen LogP contribution in [0, 0.1) is 10.1 Å². The summed E-state index contributed by atoms with van der Waals surface area (Å²) in [6.07, 6.45) is -5.74. The molecule has 0 aliphatic heterocycles. The summed E-state index contributed by atoms with van der Waals surface area (Å²) in [4.78, 5) is 28.1. The number of hydrogen-bond donors (Lipinski definition) is 2. The molecule has 26 heavy (non-hydrogen) atoms. The Labute approximate surface area is 148 Å². The van der Waals surface area contributed by atoms with Gasteiger partial charge in [-0.1, -0.05) is 11.6 Å². The summed E-state index contributed by atoms with van der Waals surface area (Å²) in [5.41, 5.74) is -2.20. The largest absolute Gasteiger partial charge is 0.436 e. The van der Waals surface area contributed by atoms with Crippen molar-refractivity contribution >= 4 is 24.9 Å². The molecule has 0 aliphatic rings. The number of ether oxygens (including phenoxy) is 1. The average molecular weight is 416 g/mol. The fourth-order valence-corrected chi connectivity index (χ4v) is 3.11. The van der Waals surface area contributed by atoms with E-state index in [9.17, 15) is 27.9 Å². The molecule has 1 aromatic heterocycles. The fourth-order valence-electron chi connectivity index (χ4n) is 2.11. The average Bonchev–Trinajstić information content (AvgIpc) is 2.70. The van der Waals surface area contributed by atoms with Crippen LogP contribution in [0.3, 0.4) is 0 Å². The molecule has 0 aliphatic carbocycles. The summed E-state index contributed by atoms with van der Waals surface area (Å²) in [6.45, 7) is 0. The van der Waals surface area contributed by atoms with Gasteiger partial charge >= 0.3 is 13.8 Å². The van der Waals surface area contributed by atoms with Crippen molar-refractivity contribution in [1.29, 1.82) is 0 Å². The van der Waals surface area contributed by atoms with E-state index in [1.54, 1.807) is 0 Å². The predicted molar refractivity (Wildman–Crippen MR) is 82.1 cm³/mol. The van der Waals surface area contributed by atoms with Crippen LogP contribution in [0.4, 0.5) is 18.9 Å². The van der Waals surface area contributed by atoms with Crippen LogP contribution in [0.15, 0.2) is 18.2 Å². The van der Waals surface area contributed by atoms with Crippen molar-refractivity contribution in [3.63, 3.8) is 0 Å². The minimum absolute atomic E-state index is 0.229. The molecule has 2 N–H and O–H groups in total. The highest BCUT2D eigenvalue weighted by Gasteiger charge is 2.39. The monoisotopic (exact) mass is 415 g/mol. The predicted octanol–water partition coefficient (Wildman–Crippen LogP) is 3.47. The lowest BCUT2D eigenvalue weighted by molar-refractivity contribution is -0.385. The fraction of sp³-hybridized carbons (Fsp3) is 0.250. The first kappa shape index (κ1) is 20.2. The molecule has 9 nitrogen and oxygen atoms in total. The molecule has 2 aromatic rings. The summed E-state index contributed by atoms with van der Waals surface area (Å²) >= 11 is 5.63. The molecule has 0 fully saturated rings. The molecule has 0 radical (unpaired) electrons. The van der Waals surface area contributed by atoms with E-state index >= 15 is 0 Å². The molecule has 0 atom stereocenters. The van der Waals surface area contributed by atoms with E-state index in [0.29, 0.717) is 4.68 Å². The SMILES string of the molecule is Cn1nc(Oc2ccc([N+](=O)[O-])c(CP(=O)(O)O)c2)c(Cl)c1C(F)(F)F. The number of hydrogen-bond acceptors (Lipinski definition) is 5. The molecule has 0 saturated heterocycles. The van der Waals surface area contributed by atoms with E-state index in [1.807, 2.05) is 0 Å². The van der Waals surface area contributed by atoms with Crippen molar-refractivity contribution in [3.05, 3.63) is 44.6 Å². The molecule has 0 spiro atoms. The standard InChI is InChI=1S/C12H10ClF3N3O6P/c1-18-10(12(14,15)16)9(13)11(17-18)25-7-2-3-8(19(20)21)6(4-7)5-26(22,23)24/h2-4H,5H2,1H3,(H2,22,23,24). The second kappa shape index (κ2) is 6.88. The Morgan fingerprint density at radius 2 is 2.04 bits per heavy atom. The van der Waals surface area contributed by atoms with Crippen LogP contribution in [0.1, 0.15) is 11.3 Å². The topological polar surface area (TPSA) is 128 Å². The van der Waals surface area contributed by atoms with Crippen molar-refractivity contribution in [2.45, 2.75) is 12.3 Å². The summed E-state index contributed by atoms with van der Waals surface area (Å²) in [6, 6.07) is 2.87. The second-order valence-corrected chi connectivity index (χ2v) is 7.09. The first-order valence-corrected chi connectivity index (χ1v) is 8.76. The maximum atomic E-state index is 12.9. The molecule has 2 rings (SSSR count). The summed E-state index contributed by atoms with van der Waals surface area (Å²) in [5, 5.41) is 13.6. The number of aromatic nitrogens is 2. The van der Waals surface area contributed by atoms with Gasteiger partial charge in [0.05, 0.1) is 11.1 Å². The van der Waals surface area contributed by atoms with Gasteiger partial charge in [0, 0.05) is 18.7 Å². The third-order valence-electron chi connectivity index (χ3n) is 3.07. The third kappa shape index (κ3) is 4.52. The van der Waals surface area contributed by atoms with Gasteiger partial charge < -0.3 is 14.5 Å². The zero-order valence-corrected chi connectivity index (χ0v) is 14.4. The van der Waals surface area contributed by atoms with Gasteiger partial charge in [0.1, 0.15) is 10.8 Å². The zero-order valence-electron chi connectivity index (χ0n) is 12.8. The van der Waals surface area contributed by atoms with Gasteiger partial charge in [-0.15, -0.1) is 5.10 Å². The maximum Gasteiger partial charge on any atom is 0.434 e. The highest BCUT2D eigenvalue weighted by atomic mass is 35.5.